The summed E-state index contributed by atoms with van der Waals surface area (Å²) in [5, 5.41) is 3.58. The fraction of sp³-hybridized carbons (Fsp3) is 0.611. The maximum atomic E-state index is 12.9. The van der Waals surface area contributed by atoms with Crippen molar-refractivity contribution in [3.63, 3.8) is 0 Å². The molecule has 1 aromatic rings. The Morgan fingerprint density at radius 3 is 2.25 bits per heavy atom. The Balaban J connectivity index is 2.05. The molecule has 0 bridgehead atoms. The molecule has 1 unspecified atom stereocenters. The van der Waals surface area contributed by atoms with Gasteiger partial charge in [-0.05, 0) is 71.7 Å². The van der Waals surface area contributed by atoms with Gasteiger partial charge in [-0.15, -0.1) is 0 Å². The van der Waals surface area contributed by atoms with E-state index in [4.69, 9.17) is 22.1 Å². The molecule has 1 fully saturated rings. The number of benzene rings is 1. The number of amides is 2. The highest BCUT2D eigenvalue weighted by Crippen LogP contribution is 2.37. The monoisotopic (exact) mass is 353 g/mol. The van der Waals surface area contributed by atoms with Crippen LogP contribution in [0, 0.1) is 0 Å². The summed E-state index contributed by atoms with van der Waals surface area (Å²) in [6, 6.07) is 7.02. The van der Waals surface area contributed by atoms with Gasteiger partial charge in [0.1, 0.15) is 5.75 Å². The molecule has 134 valence electrons. The lowest BCUT2D eigenvalue weighted by Gasteiger charge is -2.54. The van der Waals surface area contributed by atoms with Crippen LogP contribution in [-0.4, -0.2) is 34.3 Å². The standard InChI is InChI=1S/C18H28ClN3O2/c1-12(24-15-8-6-13(19)7-9-15)21-16(23)22-17(2,3)10-14(20)11-18(22,4)5/h6-9,12,14H,10-11,20H2,1-5H3,(H,21,23). The Hall–Kier alpha value is -1.46. The number of halogens is 1. The zero-order valence-corrected chi connectivity index (χ0v) is 15.9. The molecule has 1 heterocycles. The van der Waals surface area contributed by atoms with Crippen LogP contribution in [0.1, 0.15) is 47.5 Å². The first-order valence-corrected chi connectivity index (χ1v) is 8.68. The molecule has 0 radical (unpaired) electrons. The summed E-state index contributed by atoms with van der Waals surface area (Å²) in [6.07, 6.45) is 1.09. The largest absolute Gasteiger partial charge is 0.471 e. The van der Waals surface area contributed by atoms with Gasteiger partial charge < -0.3 is 20.7 Å². The van der Waals surface area contributed by atoms with Crippen molar-refractivity contribution in [2.45, 2.75) is 70.8 Å². The van der Waals surface area contributed by atoms with Gasteiger partial charge >= 0.3 is 6.03 Å². The summed E-state index contributed by atoms with van der Waals surface area (Å²) in [4.78, 5) is 14.8. The average Bonchev–Trinajstić information content (AvgIpc) is 2.37. The van der Waals surface area contributed by atoms with Crippen LogP contribution in [0.2, 0.25) is 5.02 Å². The van der Waals surface area contributed by atoms with E-state index in [2.05, 4.69) is 33.0 Å². The number of carbonyl (C=O) groups is 1. The van der Waals surface area contributed by atoms with E-state index in [0.29, 0.717) is 10.8 Å². The number of nitrogens with one attached hydrogen (secondary N) is 1. The highest BCUT2D eigenvalue weighted by molar-refractivity contribution is 6.30. The van der Waals surface area contributed by atoms with E-state index in [0.717, 1.165) is 12.8 Å². The predicted octanol–water partition coefficient (Wildman–Crippen LogP) is 3.75. The van der Waals surface area contributed by atoms with Crippen molar-refractivity contribution in [1.82, 2.24) is 10.2 Å². The van der Waals surface area contributed by atoms with E-state index in [1.165, 1.54) is 0 Å². The van der Waals surface area contributed by atoms with Gasteiger partial charge in [-0.1, -0.05) is 11.6 Å². The number of rotatable bonds is 3. The van der Waals surface area contributed by atoms with Gasteiger partial charge in [0.05, 0.1) is 0 Å². The topological polar surface area (TPSA) is 67.6 Å². The van der Waals surface area contributed by atoms with Crippen LogP contribution in [0.25, 0.3) is 0 Å². The van der Waals surface area contributed by atoms with E-state index in [9.17, 15) is 4.79 Å². The summed E-state index contributed by atoms with van der Waals surface area (Å²) in [5.74, 6) is 0.659. The average molecular weight is 354 g/mol. The zero-order valence-electron chi connectivity index (χ0n) is 15.1. The first-order valence-electron chi connectivity index (χ1n) is 8.30. The van der Waals surface area contributed by atoms with Crippen molar-refractivity contribution in [3.8, 4) is 5.75 Å². The lowest BCUT2D eigenvalue weighted by Crippen LogP contribution is -2.67. The number of nitrogens with zero attached hydrogens (tertiary/aromatic N) is 1. The molecule has 2 rings (SSSR count). The van der Waals surface area contributed by atoms with Crippen LogP contribution in [0.4, 0.5) is 4.79 Å². The molecule has 1 aliphatic rings. The Morgan fingerprint density at radius 2 is 1.75 bits per heavy atom. The summed E-state index contributed by atoms with van der Waals surface area (Å²) in [7, 11) is 0. The lowest BCUT2D eigenvalue weighted by atomic mass is 9.77. The molecule has 2 amide bonds. The summed E-state index contributed by atoms with van der Waals surface area (Å²) >= 11 is 5.87. The number of carbonyl (C=O) groups excluding carboxylic acids is 1. The fourth-order valence-electron chi connectivity index (χ4n) is 3.89. The number of nitrogens with two attached hydrogens (primary N) is 1. The smallest absolute Gasteiger partial charge is 0.321 e. The van der Waals surface area contributed by atoms with Crippen LogP contribution in [0.3, 0.4) is 0 Å². The second kappa shape index (κ2) is 6.81. The highest BCUT2D eigenvalue weighted by atomic mass is 35.5. The van der Waals surface area contributed by atoms with Gasteiger partial charge in [0, 0.05) is 22.1 Å². The molecule has 6 heteroatoms. The molecule has 24 heavy (non-hydrogen) atoms. The normalized spacial score (nSPS) is 21.2. The molecule has 0 aliphatic carbocycles. The third-order valence-corrected chi connectivity index (χ3v) is 4.64. The Bertz CT molecular complexity index is 568. The molecule has 1 saturated heterocycles. The molecular weight excluding hydrogens is 326 g/mol. The van der Waals surface area contributed by atoms with E-state index in [1.807, 2.05) is 11.8 Å². The minimum absolute atomic E-state index is 0.0989. The van der Waals surface area contributed by atoms with Gasteiger partial charge in [0.15, 0.2) is 6.23 Å². The molecule has 0 spiro atoms. The number of likely N-dealkylation sites (tertiary alicyclic amines) is 1. The molecule has 1 aliphatic heterocycles. The number of hydrogen-bond donors (Lipinski definition) is 2. The maximum absolute atomic E-state index is 12.9. The lowest BCUT2D eigenvalue weighted by molar-refractivity contribution is -0.00139. The highest BCUT2D eigenvalue weighted by Gasteiger charge is 2.47. The maximum Gasteiger partial charge on any atom is 0.321 e. The number of ether oxygens (including phenoxy) is 1. The fourth-order valence-corrected chi connectivity index (χ4v) is 4.02. The van der Waals surface area contributed by atoms with E-state index in [1.54, 1.807) is 24.3 Å². The third-order valence-electron chi connectivity index (χ3n) is 4.39. The Kier molecular flexibility index (Phi) is 5.35. The van der Waals surface area contributed by atoms with E-state index < -0.39 is 6.23 Å². The molecule has 3 N–H and O–H groups in total. The van der Waals surface area contributed by atoms with E-state index >= 15 is 0 Å². The molecule has 1 aromatic carbocycles. The van der Waals surface area contributed by atoms with Crippen LogP contribution in [0.15, 0.2) is 24.3 Å². The van der Waals surface area contributed by atoms with Crippen LogP contribution in [-0.2, 0) is 0 Å². The number of hydrogen-bond acceptors (Lipinski definition) is 3. The van der Waals surface area contributed by atoms with Crippen molar-refractivity contribution in [3.05, 3.63) is 29.3 Å². The van der Waals surface area contributed by atoms with Crippen molar-refractivity contribution in [2.75, 3.05) is 0 Å². The van der Waals surface area contributed by atoms with Gasteiger partial charge in [0.2, 0.25) is 0 Å². The molecule has 0 aromatic heterocycles. The second-order valence-electron chi connectivity index (χ2n) is 7.79. The molecular formula is C18H28ClN3O2. The first-order chi connectivity index (χ1) is 11.0. The first kappa shape index (κ1) is 18.9. The predicted molar refractivity (Wildman–Crippen MR) is 97.3 cm³/mol. The van der Waals surface area contributed by atoms with Gasteiger partial charge in [-0.2, -0.15) is 0 Å². The summed E-state index contributed by atoms with van der Waals surface area (Å²) < 4.78 is 5.75. The zero-order chi connectivity index (χ0) is 18.1. The molecule has 1 atom stereocenters. The number of urea groups is 1. The van der Waals surface area contributed by atoms with Gasteiger partial charge in [-0.25, -0.2) is 4.79 Å². The second-order valence-corrected chi connectivity index (χ2v) is 8.23. The van der Waals surface area contributed by atoms with Crippen molar-refractivity contribution >= 4 is 17.6 Å². The molecule has 0 saturated carbocycles. The van der Waals surface area contributed by atoms with Crippen molar-refractivity contribution < 1.29 is 9.53 Å². The Morgan fingerprint density at radius 1 is 1.25 bits per heavy atom. The Labute approximate surface area is 149 Å². The van der Waals surface area contributed by atoms with Gasteiger partial charge in [-0.3, -0.25) is 0 Å². The number of piperidine rings is 1. The summed E-state index contributed by atoms with van der Waals surface area (Å²) in [6.45, 7) is 10.0. The van der Waals surface area contributed by atoms with Crippen LogP contribution >= 0.6 is 11.6 Å². The van der Waals surface area contributed by atoms with Crippen molar-refractivity contribution in [2.24, 2.45) is 5.73 Å². The summed E-state index contributed by atoms with van der Waals surface area (Å²) in [5.41, 5.74) is 5.54. The molecule has 5 nitrogen and oxygen atoms in total. The van der Waals surface area contributed by atoms with Crippen molar-refractivity contribution in [1.29, 1.82) is 0 Å². The minimum atomic E-state index is -0.458. The van der Waals surface area contributed by atoms with E-state index in [-0.39, 0.29) is 23.2 Å². The van der Waals surface area contributed by atoms with Crippen LogP contribution in [0.5, 0.6) is 5.75 Å². The SMILES string of the molecule is CC(NC(=O)N1C(C)(C)CC(N)CC1(C)C)Oc1ccc(Cl)cc1. The third kappa shape index (κ3) is 4.33. The minimum Gasteiger partial charge on any atom is -0.471 e. The van der Waals surface area contributed by atoms with Gasteiger partial charge in [0.25, 0.3) is 0 Å². The quantitative estimate of drug-likeness (QED) is 0.813. The van der Waals surface area contributed by atoms with Crippen LogP contribution < -0.4 is 15.8 Å².